The molecule has 0 aromatic heterocycles. The zero-order chi connectivity index (χ0) is 14.6. The maximum atomic E-state index is 12.2. The summed E-state index contributed by atoms with van der Waals surface area (Å²) in [5, 5.41) is 7.08. The number of halogens is 2. The van der Waals surface area contributed by atoms with Crippen LogP contribution in [0.25, 0.3) is 0 Å². The maximum Gasteiger partial charge on any atom is 0.237 e. The summed E-state index contributed by atoms with van der Waals surface area (Å²) in [5.41, 5.74) is 0.890. The molecule has 5 heteroatoms. The van der Waals surface area contributed by atoms with Crippen LogP contribution in [-0.4, -0.2) is 25.0 Å². The molecule has 1 aromatic rings. The molecule has 2 rings (SSSR count). The van der Waals surface area contributed by atoms with Crippen LogP contribution >= 0.6 is 24.0 Å². The molecule has 1 aliphatic rings. The lowest BCUT2D eigenvalue weighted by molar-refractivity contribution is -0.123. The Bertz CT molecular complexity index is 471. The second-order valence-corrected chi connectivity index (χ2v) is 6.49. The number of carbonyl (C=O) groups is 1. The normalized spacial score (nSPS) is 18.7. The summed E-state index contributed by atoms with van der Waals surface area (Å²) < 4.78 is 0. The zero-order valence-corrected chi connectivity index (χ0v) is 14.2. The van der Waals surface area contributed by atoms with Crippen molar-refractivity contribution >= 4 is 29.9 Å². The lowest BCUT2D eigenvalue weighted by Gasteiger charge is -2.29. The van der Waals surface area contributed by atoms with Crippen LogP contribution in [-0.2, 0) is 10.2 Å². The summed E-state index contributed by atoms with van der Waals surface area (Å²) in [4.78, 5) is 12.2. The molecule has 1 saturated heterocycles. The van der Waals surface area contributed by atoms with Crippen molar-refractivity contribution in [3.05, 3.63) is 34.9 Å². The van der Waals surface area contributed by atoms with Crippen LogP contribution in [0, 0.1) is 0 Å². The Morgan fingerprint density at radius 1 is 1.38 bits per heavy atom. The van der Waals surface area contributed by atoms with Crippen LogP contribution in [0.15, 0.2) is 24.3 Å². The molecule has 21 heavy (non-hydrogen) atoms. The minimum absolute atomic E-state index is 0. The van der Waals surface area contributed by atoms with Gasteiger partial charge >= 0.3 is 0 Å². The van der Waals surface area contributed by atoms with E-state index in [4.69, 9.17) is 11.6 Å². The lowest BCUT2D eigenvalue weighted by atomic mass is 9.84. The molecule has 1 aliphatic heterocycles. The highest BCUT2D eigenvalue weighted by Gasteiger charge is 2.26. The standard InChI is InChI=1S/C16H23ClN2O.ClH/c1-16(2,12-7-3-4-8-13(12)17)11-19-15(20)14-9-5-6-10-18-14;/h3-4,7-8,14,18H,5-6,9-11H2,1-2H3,(H,19,20);1H. The topological polar surface area (TPSA) is 41.1 Å². The molecular formula is C16H24Cl2N2O. The molecule has 0 saturated carbocycles. The first-order chi connectivity index (χ1) is 9.50. The summed E-state index contributed by atoms with van der Waals surface area (Å²) in [6, 6.07) is 7.78. The Labute approximate surface area is 138 Å². The van der Waals surface area contributed by atoms with Gasteiger partial charge in [0.05, 0.1) is 6.04 Å². The molecule has 0 spiro atoms. The average molecular weight is 331 g/mol. The van der Waals surface area contributed by atoms with Gasteiger partial charge in [-0.2, -0.15) is 0 Å². The van der Waals surface area contributed by atoms with Gasteiger partial charge in [-0.05, 0) is 31.0 Å². The smallest absolute Gasteiger partial charge is 0.237 e. The number of rotatable bonds is 4. The molecule has 0 radical (unpaired) electrons. The summed E-state index contributed by atoms with van der Waals surface area (Å²) in [6.45, 7) is 5.73. The van der Waals surface area contributed by atoms with Gasteiger partial charge < -0.3 is 10.6 Å². The minimum atomic E-state index is -0.178. The van der Waals surface area contributed by atoms with E-state index in [0.29, 0.717) is 6.54 Å². The largest absolute Gasteiger partial charge is 0.354 e. The number of benzene rings is 1. The van der Waals surface area contributed by atoms with E-state index in [-0.39, 0.29) is 29.8 Å². The number of hydrogen-bond acceptors (Lipinski definition) is 2. The zero-order valence-electron chi connectivity index (χ0n) is 12.6. The summed E-state index contributed by atoms with van der Waals surface area (Å²) in [6.07, 6.45) is 3.21. The van der Waals surface area contributed by atoms with Gasteiger partial charge in [0.15, 0.2) is 0 Å². The van der Waals surface area contributed by atoms with E-state index in [1.807, 2.05) is 24.3 Å². The molecule has 2 N–H and O–H groups in total. The Morgan fingerprint density at radius 2 is 2.10 bits per heavy atom. The molecule has 1 amide bonds. The molecule has 118 valence electrons. The van der Waals surface area contributed by atoms with Gasteiger partial charge in [0.25, 0.3) is 0 Å². The third-order valence-electron chi connectivity index (χ3n) is 3.93. The Hall–Kier alpha value is -0.770. The first kappa shape index (κ1) is 18.3. The van der Waals surface area contributed by atoms with Crippen LogP contribution in [0.3, 0.4) is 0 Å². The van der Waals surface area contributed by atoms with Crippen molar-refractivity contribution in [1.82, 2.24) is 10.6 Å². The number of hydrogen-bond donors (Lipinski definition) is 2. The fourth-order valence-electron chi connectivity index (χ4n) is 2.61. The van der Waals surface area contributed by atoms with E-state index in [1.54, 1.807) is 0 Å². The van der Waals surface area contributed by atoms with Gasteiger partial charge in [-0.3, -0.25) is 4.79 Å². The Morgan fingerprint density at radius 3 is 2.71 bits per heavy atom. The van der Waals surface area contributed by atoms with Crippen LogP contribution in [0.1, 0.15) is 38.7 Å². The monoisotopic (exact) mass is 330 g/mol. The first-order valence-electron chi connectivity index (χ1n) is 7.27. The predicted molar refractivity (Wildman–Crippen MR) is 90.4 cm³/mol. The predicted octanol–water partition coefficient (Wildman–Crippen LogP) is 3.30. The highest BCUT2D eigenvalue weighted by Crippen LogP contribution is 2.29. The fraction of sp³-hybridized carbons (Fsp3) is 0.562. The number of piperidine rings is 1. The van der Waals surface area contributed by atoms with E-state index in [0.717, 1.165) is 36.4 Å². The SMILES string of the molecule is CC(C)(CNC(=O)C1CCCCN1)c1ccccc1Cl.Cl. The molecule has 1 unspecified atom stereocenters. The minimum Gasteiger partial charge on any atom is -0.354 e. The van der Waals surface area contributed by atoms with Gasteiger partial charge in [0.1, 0.15) is 0 Å². The van der Waals surface area contributed by atoms with Crippen molar-refractivity contribution in [2.75, 3.05) is 13.1 Å². The second kappa shape index (κ2) is 8.02. The first-order valence-corrected chi connectivity index (χ1v) is 7.64. The Kier molecular flexibility index (Phi) is 6.98. The number of nitrogens with one attached hydrogen (secondary N) is 2. The molecular weight excluding hydrogens is 307 g/mol. The van der Waals surface area contributed by atoms with E-state index in [9.17, 15) is 4.79 Å². The summed E-state index contributed by atoms with van der Waals surface area (Å²) in [7, 11) is 0. The molecule has 3 nitrogen and oxygen atoms in total. The van der Waals surface area contributed by atoms with Crippen molar-refractivity contribution in [2.24, 2.45) is 0 Å². The van der Waals surface area contributed by atoms with Crippen LogP contribution in [0.2, 0.25) is 5.02 Å². The molecule has 0 bridgehead atoms. The van der Waals surface area contributed by atoms with Gasteiger partial charge in [0, 0.05) is 17.0 Å². The fourth-order valence-corrected chi connectivity index (χ4v) is 3.00. The highest BCUT2D eigenvalue weighted by molar-refractivity contribution is 6.31. The highest BCUT2D eigenvalue weighted by atomic mass is 35.5. The van der Waals surface area contributed by atoms with Crippen molar-refractivity contribution in [3.8, 4) is 0 Å². The van der Waals surface area contributed by atoms with Crippen molar-refractivity contribution in [2.45, 2.75) is 44.6 Å². The number of carbonyl (C=O) groups excluding carboxylic acids is 1. The molecule has 1 aromatic carbocycles. The molecule has 1 fully saturated rings. The quantitative estimate of drug-likeness (QED) is 0.889. The van der Waals surface area contributed by atoms with Gasteiger partial charge in [-0.15, -0.1) is 12.4 Å². The number of amides is 1. The van der Waals surface area contributed by atoms with Crippen molar-refractivity contribution in [3.63, 3.8) is 0 Å². The van der Waals surface area contributed by atoms with E-state index >= 15 is 0 Å². The summed E-state index contributed by atoms with van der Waals surface area (Å²) in [5.74, 6) is 0.102. The van der Waals surface area contributed by atoms with E-state index in [1.165, 1.54) is 0 Å². The second-order valence-electron chi connectivity index (χ2n) is 6.08. The lowest BCUT2D eigenvalue weighted by Crippen LogP contribution is -2.49. The van der Waals surface area contributed by atoms with E-state index < -0.39 is 0 Å². The van der Waals surface area contributed by atoms with Crippen molar-refractivity contribution in [1.29, 1.82) is 0 Å². The maximum absolute atomic E-state index is 12.2. The van der Waals surface area contributed by atoms with Crippen LogP contribution < -0.4 is 10.6 Å². The molecule has 1 heterocycles. The van der Waals surface area contributed by atoms with Crippen molar-refractivity contribution < 1.29 is 4.79 Å². The van der Waals surface area contributed by atoms with Gasteiger partial charge in [-0.25, -0.2) is 0 Å². The Balaban J connectivity index is 0.00000220. The third-order valence-corrected chi connectivity index (χ3v) is 4.26. The van der Waals surface area contributed by atoms with Gasteiger partial charge in [-0.1, -0.05) is 50.1 Å². The molecule has 0 aliphatic carbocycles. The van der Waals surface area contributed by atoms with E-state index in [2.05, 4.69) is 24.5 Å². The van der Waals surface area contributed by atoms with Gasteiger partial charge in [0.2, 0.25) is 5.91 Å². The third kappa shape index (κ3) is 4.87. The van der Waals surface area contributed by atoms with Crippen LogP contribution in [0.4, 0.5) is 0 Å². The average Bonchev–Trinajstić information content (AvgIpc) is 2.46. The molecule has 1 atom stereocenters. The van der Waals surface area contributed by atoms with Crippen LogP contribution in [0.5, 0.6) is 0 Å². The summed E-state index contributed by atoms with van der Waals surface area (Å²) >= 11 is 6.25.